The van der Waals surface area contributed by atoms with Gasteiger partial charge in [-0.1, -0.05) is 0 Å². The second-order valence-corrected chi connectivity index (χ2v) is 5.89. The van der Waals surface area contributed by atoms with Crippen molar-refractivity contribution in [2.75, 3.05) is 26.3 Å². The summed E-state index contributed by atoms with van der Waals surface area (Å²) < 4.78 is 20.4. The van der Waals surface area contributed by atoms with Crippen molar-refractivity contribution in [1.29, 1.82) is 0 Å². The fourth-order valence-electron chi connectivity index (χ4n) is 1.47. The van der Waals surface area contributed by atoms with Gasteiger partial charge in [0.05, 0.1) is 13.1 Å². The molecule has 1 heterocycles. The molecule has 1 aliphatic heterocycles. The molecule has 18 heavy (non-hydrogen) atoms. The van der Waals surface area contributed by atoms with E-state index in [-0.39, 0.29) is 32.0 Å². The van der Waals surface area contributed by atoms with Crippen molar-refractivity contribution < 1.29 is 33.2 Å². The normalized spacial score (nSPS) is 18.9. The monoisotopic (exact) mass is 279 g/mol. The van der Waals surface area contributed by atoms with E-state index in [1.807, 2.05) is 0 Å². The van der Waals surface area contributed by atoms with E-state index in [1.54, 1.807) is 7.05 Å². The van der Waals surface area contributed by atoms with Crippen LogP contribution in [-0.2, 0) is 23.5 Å². The minimum atomic E-state index is -4.08. The molecule has 0 bridgehead atoms. The lowest BCUT2D eigenvalue weighted by atomic mass is 9.83. The number of nitrogens with zero attached hydrogens (tertiary/aromatic N) is 1. The Balaban J connectivity index is 2.46. The fraction of sp³-hybridized carbons (Fsp3) is 0.750. The van der Waals surface area contributed by atoms with Crippen LogP contribution in [0.5, 0.6) is 0 Å². The molecule has 2 N–H and O–H groups in total. The Morgan fingerprint density at radius 2 is 1.78 bits per heavy atom. The van der Waals surface area contributed by atoms with E-state index < -0.39 is 26.7 Å². The first kappa shape index (κ1) is 15.2. The molecule has 0 atom stereocenters. The van der Waals surface area contributed by atoms with Gasteiger partial charge in [0.2, 0.25) is 0 Å². The quantitative estimate of drug-likeness (QED) is 0.501. The third-order valence-electron chi connectivity index (χ3n) is 2.21. The van der Waals surface area contributed by atoms with Crippen LogP contribution >= 0.6 is 7.60 Å². The van der Waals surface area contributed by atoms with Crippen molar-refractivity contribution in [3.8, 4) is 0 Å². The van der Waals surface area contributed by atoms with Gasteiger partial charge in [-0.3, -0.25) is 19.1 Å². The molecule has 1 rings (SSSR count). The molecular weight excluding hydrogens is 264 g/mol. The molecule has 10 heteroatoms. The smallest absolute Gasteiger partial charge is 0.498 e. The Hall–Kier alpha value is -0.885. The Kier molecular flexibility index (Phi) is 5.34. The molecular formula is C8H15BNO7P. The molecule has 0 unspecified atom stereocenters. The second kappa shape index (κ2) is 6.33. The number of rotatable bonds is 4. The summed E-state index contributed by atoms with van der Waals surface area (Å²) in [5, 5.41) is 0. The maximum atomic E-state index is 11.3. The van der Waals surface area contributed by atoms with Gasteiger partial charge in [-0.15, -0.1) is 0 Å². The van der Waals surface area contributed by atoms with E-state index in [9.17, 15) is 14.2 Å². The van der Waals surface area contributed by atoms with E-state index >= 15 is 0 Å². The Bertz CT molecular complexity index is 350. The summed E-state index contributed by atoms with van der Waals surface area (Å²) in [5.41, 5.74) is 0. The van der Waals surface area contributed by atoms with Gasteiger partial charge in [0, 0.05) is 12.5 Å². The van der Waals surface area contributed by atoms with Crippen LogP contribution in [0.1, 0.15) is 6.42 Å². The number of hydrogen-bond donors (Lipinski definition) is 2. The highest BCUT2D eigenvalue weighted by Gasteiger charge is 2.31. The van der Waals surface area contributed by atoms with Gasteiger partial charge >= 0.3 is 26.7 Å². The molecule has 0 aliphatic carbocycles. The van der Waals surface area contributed by atoms with Crippen molar-refractivity contribution >= 4 is 26.7 Å². The zero-order valence-corrected chi connectivity index (χ0v) is 10.8. The topological polar surface area (TPSA) is 113 Å². The van der Waals surface area contributed by atoms with Gasteiger partial charge in [0.15, 0.2) is 0 Å². The van der Waals surface area contributed by atoms with Crippen molar-refractivity contribution in [2.24, 2.45) is 0 Å². The Morgan fingerprint density at radius 3 is 2.22 bits per heavy atom. The van der Waals surface area contributed by atoms with E-state index in [2.05, 4.69) is 0 Å². The highest BCUT2D eigenvalue weighted by atomic mass is 31.2. The SMILES string of the molecule is CN1CC(=O)OB(CCCP(=O)(O)O)OC(=O)C1. The number of hydrogen-bond acceptors (Lipinski definition) is 6. The van der Waals surface area contributed by atoms with Gasteiger partial charge in [-0.25, -0.2) is 0 Å². The first-order valence-corrected chi connectivity index (χ1v) is 7.18. The van der Waals surface area contributed by atoms with Crippen LogP contribution in [0, 0.1) is 0 Å². The van der Waals surface area contributed by atoms with Crippen LogP contribution in [0.15, 0.2) is 0 Å². The molecule has 0 amide bonds. The van der Waals surface area contributed by atoms with Gasteiger partial charge in [0.1, 0.15) is 0 Å². The first-order chi connectivity index (χ1) is 8.26. The van der Waals surface area contributed by atoms with Crippen LogP contribution in [0.2, 0.25) is 6.32 Å². The van der Waals surface area contributed by atoms with Gasteiger partial charge in [0.25, 0.3) is 0 Å². The van der Waals surface area contributed by atoms with Crippen LogP contribution in [0.3, 0.4) is 0 Å². The molecule has 1 fully saturated rings. The van der Waals surface area contributed by atoms with E-state index in [1.165, 1.54) is 4.90 Å². The number of carbonyl (C=O) groups is 2. The van der Waals surface area contributed by atoms with E-state index in [0.717, 1.165) is 0 Å². The maximum Gasteiger partial charge on any atom is 0.598 e. The summed E-state index contributed by atoms with van der Waals surface area (Å²) >= 11 is 0. The second-order valence-electron chi connectivity index (χ2n) is 4.11. The zero-order valence-electron chi connectivity index (χ0n) is 9.94. The molecule has 0 aromatic rings. The molecule has 1 saturated heterocycles. The maximum absolute atomic E-state index is 11.3. The predicted molar refractivity (Wildman–Crippen MR) is 61.8 cm³/mol. The molecule has 0 saturated carbocycles. The predicted octanol–water partition coefficient (Wildman–Crippen LogP) is -0.926. The van der Waals surface area contributed by atoms with Crippen molar-refractivity contribution in [1.82, 2.24) is 4.90 Å². The lowest BCUT2D eigenvalue weighted by molar-refractivity contribution is -0.145. The minimum absolute atomic E-state index is 0.0237. The standard InChI is InChI=1S/C8H15BNO7P/c1-10-5-7(11)16-9(17-8(12)6-10)3-2-4-18(13,14)15/h2-6H2,1H3,(H2,13,14,15). The molecule has 102 valence electrons. The highest BCUT2D eigenvalue weighted by Crippen LogP contribution is 2.35. The fourth-order valence-corrected chi connectivity index (χ4v) is 2.06. The van der Waals surface area contributed by atoms with Crippen molar-refractivity contribution in [2.45, 2.75) is 12.7 Å². The molecule has 0 aromatic heterocycles. The number of likely N-dealkylation sites (N-methyl/N-ethyl adjacent to an activating group) is 1. The minimum Gasteiger partial charge on any atom is -0.498 e. The van der Waals surface area contributed by atoms with Crippen LogP contribution < -0.4 is 0 Å². The molecule has 0 spiro atoms. The van der Waals surface area contributed by atoms with Crippen LogP contribution in [-0.4, -0.2) is 60.0 Å². The Morgan fingerprint density at radius 1 is 1.28 bits per heavy atom. The summed E-state index contributed by atoms with van der Waals surface area (Å²) in [5.74, 6) is -1.07. The van der Waals surface area contributed by atoms with Gasteiger partial charge in [-0.2, -0.15) is 0 Å². The molecule has 1 aliphatic rings. The lowest BCUT2D eigenvalue weighted by Gasteiger charge is -2.22. The molecule has 8 nitrogen and oxygen atoms in total. The van der Waals surface area contributed by atoms with Gasteiger partial charge in [-0.05, 0) is 13.5 Å². The Labute approximate surface area is 105 Å². The van der Waals surface area contributed by atoms with Gasteiger partial charge < -0.3 is 19.1 Å². The highest BCUT2D eigenvalue weighted by molar-refractivity contribution is 7.51. The van der Waals surface area contributed by atoms with E-state index in [4.69, 9.17) is 19.1 Å². The largest absolute Gasteiger partial charge is 0.598 e. The summed E-state index contributed by atoms with van der Waals surface area (Å²) in [6.07, 6.45) is -0.157. The third-order valence-corrected chi connectivity index (χ3v) is 3.11. The first-order valence-electron chi connectivity index (χ1n) is 5.38. The average Bonchev–Trinajstić information content (AvgIpc) is 2.11. The summed E-state index contributed by atoms with van der Waals surface area (Å²) in [6.45, 7) is -0.0474. The summed E-state index contributed by atoms with van der Waals surface area (Å²) in [7, 11) is -3.57. The molecule has 0 radical (unpaired) electrons. The van der Waals surface area contributed by atoms with Crippen molar-refractivity contribution in [3.05, 3.63) is 0 Å². The van der Waals surface area contributed by atoms with Crippen LogP contribution in [0.4, 0.5) is 0 Å². The molecule has 0 aromatic carbocycles. The lowest BCUT2D eigenvalue weighted by Crippen LogP contribution is -2.42. The summed E-state index contributed by atoms with van der Waals surface area (Å²) in [6, 6.07) is 0. The average molecular weight is 279 g/mol. The van der Waals surface area contributed by atoms with Crippen molar-refractivity contribution in [3.63, 3.8) is 0 Å². The van der Waals surface area contributed by atoms with E-state index in [0.29, 0.717) is 0 Å². The third kappa shape index (κ3) is 6.16. The number of carbonyl (C=O) groups excluding carboxylic acids is 2. The van der Waals surface area contributed by atoms with Crippen LogP contribution in [0.25, 0.3) is 0 Å². The zero-order chi connectivity index (χ0) is 13.8. The summed E-state index contributed by atoms with van der Waals surface area (Å²) in [4.78, 5) is 41.4.